The summed E-state index contributed by atoms with van der Waals surface area (Å²) in [4.78, 5) is 0. The van der Waals surface area contributed by atoms with Gasteiger partial charge in [0.25, 0.3) is 0 Å². The molecule has 3 nitrogen and oxygen atoms in total. The Morgan fingerprint density at radius 2 is 1.61 bits per heavy atom. The van der Waals surface area contributed by atoms with Gasteiger partial charge in [0.15, 0.2) is 5.11 Å². The van der Waals surface area contributed by atoms with Crippen LogP contribution in [0.2, 0.25) is 0 Å². The van der Waals surface area contributed by atoms with Gasteiger partial charge in [-0.05, 0) is 48.6 Å². The fourth-order valence-corrected chi connectivity index (χ4v) is 1.85. The lowest BCUT2D eigenvalue weighted by molar-refractivity contribution is -0.274. The Kier molecular flexibility index (Phi) is 4.99. The third-order valence-electron chi connectivity index (χ3n) is 2.52. The molecule has 0 aromatic heterocycles. The van der Waals surface area contributed by atoms with Crippen LogP contribution in [-0.4, -0.2) is 11.5 Å². The van der Waals surface area contributed by atoms with Crippen molar-refractivity contribution >= 4 is 28.7 Å². The van der Waals surface area contributed by atoms with Crippen LogP contribution < -0.4 is 15.4 Å². The summed E-state index contributed by atoms with van der Waals surface area (Å²) in [6, 6.07) is 7.56. The number of hydrogen-bond acceptors (Lipinski definition) is 2. The van der Waals surface area contributed by atoms with Gasteiger partial charge in [-0.2, -0.15) is 0 Å². The van der Waals surface area contributed by atoms with Crippen molar-refractivity contribution in [1.29, 1.82) is 0 Å². The molecule has 0 spiro atoms. The van der Waals surface area contributed by atoms with Crippen molar-refractivity contribution in [2.75, 3.05) is 10.6 Å². The zero-order chi connectivity index (χ0) is 17.0. The first kappa shape index (κ1) is 16.9. The molecule has 0 saturated heterocycles. The second-order valence-electron chi connectivity index (χ2n) is 4.28. The van der Waals surface area contributed by atoms with E-state index in [1.54, 1.807) is 0 Å². The Morgan fingerprint density at radius 3 is 2.22 bits per heavy atom. The maximum atomic E-state index is 13.4. The molecule has 122 valence electrons. The molecule has 2 N–H and O–H groups in total. The summed E-state index contributed by atoms with van der Waals surface area (Å²) >= 11 is 4.92. The second-order valence-corrected chi connectivity index (χ2v) is 4.68. The minimum absolute atomic E-state index is 0.0565. The molecule has 0 aliphatic rings. The van der Waals surface area contributed by atoms with Gasteiger partial charge in [0, 0.05) is 11.8 Å². The predicted octanol–water partition coefficient (Wildman–Crippen LogP) is 4.67. The monoisotopic (exact) mass is 348 g/mol. The molecule has 0 aliphatic heterocycles. The Bertz CT molecular complexity index is 703. The van der Waals surface area contributed by atoms with E-state index >= 15 is 0 Å². The van der Waals surface area contributed by atoms with Crippen molar-refractivity contribution in [2.45, 2.75) is 6.36 Å². The average molecular weight is 348 g/mol. The number of nitrogens with one attached hydrogen (secondary N) is 2. The van der Waals surface area contributed by atoms with Crippen LogP contribution in [0, 0.1) is 11.6 Å². The van der Waals surface area contributed by atoms with Gasteiger partial charge in [-0.3, -0.25) is 0 Å². The van der Waals surface area contributed by atoms with Gasteiger partial charge in [0.2, 0.25) is 0 Å². The van der Waals surface area contributed by atoms with Crippen molar-refractivity contribution in [3.63, 3.8) is 0 Å². The fourth-order valence-electron chi connectivity index (χ4n) is 1.62. The minimum atomic E-state index is -4.78. The maximum absolute atomic E-state index is 13.4. The number of ether oxygens (including phenoxy) is 1. The molecule has 0 aliphatic carbocycles. The lowest BCUT2D eigenvalue weighted by atomic mass is 10.3. The normalized spacial score (nSPS) is 11.0. The Hall–Kier alpha value is -2.42. The van der Waals surface area contributed by atoms with Crippen molar-refractivity contribution in [3.8, 4) is 5.75 Å². The lowest BCUT2D eigenvalue weighted by Gasteiger charge is -2.12. The van der Waals surface area contributed by atoms with Gasteiger partial charge in [-0.1, -0.05) is 0 Å². The number of halogens is 5. The summed E-state index contributed by atoms with van der Waals surface area (Å²) in [5, 5.41) is 5.01. The van der Waals surface area contributed by atoms with Crippen LogP contribution in [0.5, 0.6) is 5.75 Å². The molecular formula is C14H9F5N2OS. The first-order chi connectivity index (χ1) is 10.7. The van der Waals surface area contributed by atoms with E-state index < -0.39 is 23.7 Å². The lowest BCUT2D eigenvalue weighted by Crippen LogP contribution is -2.20. The third kappa shape index (κ3) is 5.37. The van der Waals surface area contributed by atoms with Crippen molar-refractivity contribution in [2.24, 2.45) is 0 Å². The molecule has 2 aromatic carbocycles. The van der Waals surface area contributed by atoms with E-state index in [0.717, 1.165) is 30.3 Å². The molecule has 2 aromatic rings. The molecule has 0 atom stereocenters. The van der Waals surface area contributed by atoms with E-state index in [1.165, 1.54) is 12.1 Å². The molecule has 0 bridgehead atoms. The smallest absolute Gasteiger partial charge is 0.406 e. The van der Waals surface area contributed by atoms with Crippen LogP contribution in [0.25, 0.3) is 0 Å². The van der Waals surface area contributed by atoms with Gasteiger partial charge in [0.05, 0.1) is 5.69 Å². The van der Waals surface area contributed by atoms with Crippen LogP contribution >= 0.6 is 12.2 Å². The quantitative estimate of drug-likeness (QED) is 0.624. The SMILES string of the molecule is Fc1ccc(F)c(NC(=S)Nc2ccc(OC(F)(F)F)cc2)c1. The highest BCUT2D eigenvalue weighted by atomic mass is 32.1. The summed E-state index contributed by atoms with van der Waals surface area (Å²) in [7, 11) is 0. The standard InChI is InChI=1S/C14H9F5N2OS/c15-8-1-6-11(16)12(7-8)21-13(23)20-9-2-4-10(5-3-9)22-14(17,18)19/h1-7H,(H2,20,21,23). The third-order valence-corrected chi connectivity index (χ3v) is 2.73. The van der Waals surface area contributed by atoms with E-state index in [-0.39, 0.29) is 10.8 Å². The Morgan fingerprint density at radius 1 is 0.957 bits per heavy atom. The van der Waals surface area contributed by atoms with E-state index in [4.69, 9.17) is 12.2 Å². The summed E-state index contributed by atoms with van der Waals surface area (Å²) < 4.78 is 66.3. The largest absolute Gasteiger partial charge is 0.573 e. The molecule has 0 fully saturated rings. The summed E-state index contributed by atoms with van der Waals surface area (Å²) in [5.41, 5.74) is 0.174. The molecule has 0 amide bonds. The number of benzene rings is 2. The molecule has 0 radical (unpaired) electrons. The number of anilines is 2. The minimum Gasteiger partial charge on any atom is -0.406 e. The number of hydrogen-bond donors (Lipinski definition) is 2. The van der Waals surface area contributed by atoms with Gasteiger partial charge in [0.1, 0.15) is 17.4 Å². The highest BCUT2D eigenvalue weighted by Gasteiger charge is 2.30. The van der Waals surface area contributed by atoms with Crippen molar-refractivity contribution in [1.82, 2.24) is 0 Å². The van der Waals surface area contributed by atoms with E-state index in [9.17, 15) is 22.0 Å². The first-order valence-corrected chi connectivity index (χ1v) is 6.52. The van der Waals surface area contributed by atoms with Gasteiger partial charge < -0.3 is 15.4 Å². The molecule has 0 saturated carbocycles. The zero-order valence-electron chi connectivity index (χ0n) is 11.2. The predicted molar refractivity (Wildman–Crippen MR) is 79.3 cm³/mol. The van der Waals surface area contributed by atoms with Gasteiger partial charge in [-0.25, -0.2) is 8.78 Å². The van der Waals surface area contributed by atoms with Crippen molar-refractivity contribution in [3.05, 3.63) is 54.1 Å². The van der Waals surface area contributed by atoms with Crippen LogP contribution in [0.4, 0.5) is 33.3 Å². The Balaban J connectivity index is 1.99. The first-order valence-electron chi connectivity index (χ1n) is 6.12. The summed E-state index contributed by atoms with van der Waals surface area (Å²) in [6.07, 6.45) is -4.78. The Labute approximate surface area is 133 Å². The molecule has 0 unspecified atom stereocenters. The molecule has 9 heteroatoms. The average Bonchev–Trinajstić information content (AvgIpc) is 2.43. The molecule has 2 rings (SSSR count). The number of thiocarbonyl (C=S) groups is 1. The highest BCUT2D eigenvalue weighted by molar-refractivity contribution is 7.80. The van der Waals surface area contributed by atoms with E-state index in [0.29, 0.717) is 5.69 Å². The highest BCUT2D eigenvalue weighted by Crippen LogP contribution is 2.24. The number of rotatable bonds is 3. The van der Waals surface area contributed by atoms with Gasteiger partial charge in [-0.15, -0.1) is 13.2 Å². The van der Waals surface area contributed by atoms with Crippen LogP contribution in [0.1, 0.15) is 0 Å². The molecule has 0 heterocycles. The van der Waals surface area contributed by atoms with Crippen LogP contribution in [0.3, 0.4) is 0 Å². The summed E-state index contributed by atoms with van der Waals surface area (Å²) in [5.74, 6) is -1.74. The number of alkyl halides is 3. The van der Waals surface area contributed by atoms with E-state index in [1.807, 2.05) is 0 Å². The van der Waals surface area contributed by atoms with Crippen LogP contribution in [0.15, 0.2) is 42.5 Å². The fraction of sp³-hybridized carbons (Fsp3) is 0.0714. The maximum Gasteiger partial charge on any atom is 0.573 e. The van der Waals surface area contributed by atoms with Crippen molar-refractivity contribution < 1.29 is 26.7 Å². The second kappa shape index (κ2) is 6.78. The topological polar surface area (TPSA) is 33.3 Å². The molecule has 23 heavy (non-hydrogen) atoms. The molecular weight excluding hydrogens is 339 g/mol. The van der Waals surface area contributed by atoms with Gasteiger partial charge >= 0.3 is 6.36 Å². The zero-order valence-corrected chi connectivity index (χ0v) is 12.1. The van der Waals surface area contributed by atoms with E-state index in [2.05, 4.69) is 15.4 Å². The summed E-state index contributed by atoms with van der Waals surface area (Å²) in [6.45, 7) is 0. The van der Waals surface area contributed by atoms with Crippen LogP contribution in [-0.2, 0) is 0 Å².